The lowest BCUT2D eigenvalue weighted by Gasteiger charge is -2.07. The first-order chi connectivity index (χ1) is 10.8. The number of rotatable bonds is 2. The number of ether oxygens (including phenoxy) is 1. The predicted octanol–water partition coefficient (Wildman–Crippen LogP) is 4.21. The number of hydrogen-bond acceptors (Lipinski definition) is 4. The molecule has 0 spiro atoms. The second-order valence-corrected chi connectivity index (χ2v) is 4.97. The number of methoxy groups -OCH3 is 1. The molecule has 108 valence electrons. The Morgan fingerprint density at radius 1 is 1.00 bits per heavy atom. The minimum atomic E-state index is -0.110. The second-order valence-electron chi connectivity index (χ2n) is 4.97. The molecule has 0 radical (unpaired) electrons. The fourth-order valence-corrected chi connectivity index (χ4v) is 2.61. The smallest absolute Gasteiger partial charge is 0.206 e. The van der Waals surface area contributed by atoms with Gasteiger partial charge in [0.2, 0.25) is 5.75 Å². The maximum absolute atomic E-state index is 12.5. The Balaban J connectivity index is 2.12. The summed E-state index contributed by atoms with van der Waals surface area (Å²) in [5, 5.41) is 1.29. The summed E-state index contributed by atoms with van der Waals surface area (Å²) in [5.41, 5.74) is 1.70. The van der Waals surface area contributed by atoms with Crippen molar-refractivity contribution in [3.63, 3.8) is 0 Å². The summed E-state index contributed by atoms with van der Waals surface area (Å²) in [5.74, 6) is 0.940. The van der Waals surface area contributed by atoms with Crippen LogP contribution in [-0.2, 0) is 0 Å². The molecular weight excluding hydrogens is 280 g/mol. The quantitative estimate of drug-likeness (QED) is 0.555. The molecule has 0 fully saturated rings. The fourth-order valence-electron chi connectivity index (χ4n) is 2.61. The zero-order chi connectivity index (χ0) is 15.1. The van der Waals surface area contributed by atoms with E-state index in [1.165, 1.54) is 13.2 Å². The van der Waals surface area contributed by atoms with Gasteiger partial charge in [-0.25, -0.2) is 0 Å². The minimum Gasteiger partial charge on any atom is -0.490 e. The monoisotopic (exact) mass is 292 g/mol. The van der Waals surface area contributed by atoms with Crippen molar-refractivity contribution in [2.45, 2.75) is 0 Å². The molecule has 2 aromatic heterocycles. The lowest BCUT2D eigenvalue weighted by molar-refractivity contribution is 0.406. The highest BCUT2D eigenvalue weighted by Crippen LogP contribution is 2.35. The Hall–Kier alpha value is -3.01. The van der Waals surface area contributed by atoms with Crippen molar-refractivity contribution < 1.29 is 13.6 Å². The van der Waals surface area contributed by atoms with Gasteiger partial charge < -0.3 is 13.6 Å². The van der Waals surface area contributed by atoms with Gasteiger partial charge in [-0.15, -0.1) is 0 Å². The lowest BCUT2D eigenvalue weighted by atomic mass is 10.1. The molecule has 0 atom stereocenters. The number of fused-ring (bicyclic) bond motifs is 2. The number of benzene rings is 2. The van der Waals surface area contributed by atoms with Crippen LogP contribution in [0.1, 0.15) is 0 Å². The van der Waals surface area contributed by atoms with Crippen LogP contribution in [0.15, 0.2) is 68.4 Å². The standard InChI is InChI=1S/C18H12O4/c1-20-18-16-12(7-8-21-16)9-13-14(19)10-15(22-17(13)18)11-5-3-2-4-6-11/h2-10H,1H3. The average molecular weight is 292 g/mol. The summed E-state index contributed by atoms with van der Waals surface area (Å²) in [4.78, 5) is 12.5. The summed E-state index contributed by atoms with van der Waals surface area (Å²) in [7, 11) is 1.53. The highest BCUT2D eigenvalue weighted by Gasteiger charge is 2.16. The van der Waals surface area contributed by atoms with Gasteiger partial charge in [-0.3, -0.25) is 4.79 Å². The topological polar surface area (TPSA) is 52.6 Å². The highest BCUT2D eigenvalue weighted by molar-refractivity contribution is 6.00. The molecule has 22 heavy (non-hydrogen) atoms. The molecule has 4 rings (SSSR count). The molecule has 4 heteroatoms. The van der Waals surface area contributed by atoms with E-state index in [1.807, 2.05) is 30.3 Å². The first kappa shape index (κ1) is 12.7. The third-order valence-corrected chi connectivity index (χ3v) is 3.65. The van der Waals surface area contributed by atoms with Gasteiger partial charge in [-0.1, -0.05) is 30.3 Å². The van der Waals surface area contributed by atoms with Crippen molar-refractivity contribution >= 4 is 21.9 Å². The summed E-state index contributed by atoms with van der Waals surface area (Å²) >= 11 is 0. The first-order valence-electron chi connectivity index (χ1n) is 6.85. The highest BCUT2D eigenvalue weighted by atomic mass is 16.5. The van der Waals surface area contributed by atoms with Crippen LogP contribution in [0.25, 0.3) is 33.3 Å². The van der Waals surface area contributed by atoms with Gasteiger partial charge in [-0.05, 0) is 12.1 Å². The van der Waals surface area contributed by atoms with E-state index in [9.17, 15) is 4.79 Å². The van der Waals surface area contributed by atoms with Crippen molar-refractivity contribution in [1.29, 1.82) is 0 Å². The SMILES string of the molecule is COc1c2occc2cc2c(=O)cc(-c3ccccc3)oc12. The van der Waals surface area contributed by atoms with Gasteiger partial charge in [0.25, 0.3) is 0 Å². The van der Waals surface area contributed by atoms with Gasteiger partial charge in [-0.2, -0.15) is 0 Å². The second kappa shape index (κ2) is 4.77. The Morgan fingerprint density at radius 3 is 2.59 bits per heavy atom. The average Bonchev–Trinajstić information content (AvgIpc) is 3.02. The van der Waals surface area contributed by atoms with Crippen LogP contribution in [0.2, 0.25) is 0 Å². The van der Waals surface area contributed by atoms with Crippen LogP contribution in [0.5, 0.6) is 5.75 Å². The molecule has 4 nitrogen and oxygen atoms in total. The minimum absolute atomic E-state index is 0.110. The molecular formula is C18H12O4. The molecule has 0 aliphatic heterocycles. The van der Waals surface area contributed by atoms with E-state index in [0.717, 1.165) is 10.9 Å². The van der Waals surface area contributed by atoms with Gasteiger partial charge in [0.15, 0.2) is 16.6 Å². The summed E-state index contributed by atoms with van der Waals surface area (Å²) < 4.78 is 16.8. The maximum atomic E-state index is 12.5. The van der Waals surface area contributed by atoms with Crippen molar-refractivity contribution in [2.75, 3.05) is 7.11 Å². The Kier molecular flexibility index (Phi) is 2.76. The number of furan rings is 1. The van der Waals surface area contributed by atoms with Crippen LogP contribution in [-0.4, -0.2) is 7.11 Å². The van der Waals surface area contributed by atoms with Crippen LogP contribution in [0.3, 0.4) is 0 Å². The summed E-state index contributed by atoms with van der Waals surface area (Å²) in [6.45, 7) is 0. The van der Waals surface area contributed by atoms with Crippen molar-refractivity contribution in [2.24, 2.45) is 0 Å². The van der Waals surface area contributed by atoms with Crippen molar-refractivity contribution in [1.82, 2.24) is 0 Å². The van der Waals surface area contributed by atoms with Gasteiger partial charge in [0.1, 0.15) is 5.76 Å². The molecule has 2 heterocycles. The van der Waals surface area contributed by atoms with E-state index in [0.29, 0.717) is 28.1 Å². The van der Waals surface area contributed by atoms with Crippen molar-refractivity contribution in [3.8, 4) is 17.1 Å². The molecule has 0 unspecified atom stereocenters. The van der Waals surface area contributed by atoms with Crippen molar-refractivity contribution in [3.05, 3.63) is 65.0 Å². The van der Waals surface area contributed by atoms with E-state index in [2.05, 4.69) is 0 Å². The molecule has 2 aromatic carbocycles. The first-order valence-corrected chi connectivity index (χ1v) is 6.85. The molecule has 0 amide bonds. The van der Waals surface area contributed by atoms with E-state index < -0.39 is 0 Å². The zero-order valence-corrected chi connectivity index (χ0v) is 11.8. The predicted molar refractivity (Wildman–Crippen MR) is 84.2 cm³/mol. The third kappa shape index (κ3) is 1.81. The molecule has 0 saturated carbocycles. The molecule has 0 aliphatic rings. The van der Waals surface area contributed by atoms with E-state index in [4.69, 9.17) is 13.6 Å². The Bertz CT molecular complexity index is 1030. The van der Waals surface area contributed by atoms with Crippen LogP contribution in [0.4, 0.5) is 0 Å². The third-order valence-electron chi connectivity index (χ3n) is 3.65. The molecule has 0 bridgehead atoms. The van der Waals surface area contributed by atoms with E-state index >= 15 is 0 Å². The van der Waals surface area contributed by atoms with Crippen LogP contribution in [0, 0.1) is 0 Å². The van der Waals surface area contributed by atoms with E-state index in [-0.39, 0.29) is 5.43 Å². The van der Waals surface area contributed by atoms with Crippen LogP contribution >= 0.6 is 0 Å². The van der Waals surface area contributed by atoms with Crippen LogP contribution < -0.4 is 10.2 Å². The Labute approximate surface area is 125 Å². The zero-order valence-electron chi connectivity index (χ0n) is 11.8. The van der Waals surface area contributed by atoms with Gasteiger partial charge in [0, 0.05) is 17.0 Å². The fraction of sp³-hybridized carbons (Fsp3) is 0.0556. The molecule has 0 N–H and O–H groups in total. The summed E-state index contributed by atoms with van der Waals surface area (Å²) in [6.07, 6.45) is 1.56. The molecule has 0 aliphatic carbocycles. The Morgan fingerprint density at radius 2 is 1.82 bits per heavy atom. The largest absolute Gasteiger partial charge is 0.490 e. The summed E-state index contributed by atoms with van der Waals surface area (Å²) in [6, 6.07) is 14.5. The van der Waals surface area contributed by atoms with Gasteiger partial charge in [0.05, 0.1) is 18.8 Å². The number of hydrogen-bond donors (Lipinski definition) is 0. The lowest BCUT2D eigenvalue weighted by Crippen LogP contribution is -2.01. The normalized spacial score (nSPS) is 11.1. The van der Waals surface area contributed by atoms with E-state index in [1.54, 1.807) is 18.4 Å². The maximum Gasteiger partial charge on any atom is 0.206 e. The molecule has 4 aromatic rings. The van der Waals surface area contributed by atoms with Gasteiger partial charge >= 0.3 is 0 Å². The molecule has 0 saturated heterocycles.